The Morgan fingerprint density at radius 3 is 3.00 bits per heavy atom. The predicted octanol–water partition coefficient (Wildman–Crippen LogP) is 2.76. The van der Waals surface area contributed by atoms with Gasteiger partial charge in [-0.3, -0.25) is 4.79 Å². The third kappa shape index (κ3) is 3.02. The van der Waals surface area contributed by atoms with Gasteiger partial charge in [0.25, 0.3) is 5.91 Å². The number of nitrogens with one attached hydrogen (secondary N) is 1. The molecule has 0 saturated carbocycles. The Kier molecular flexibility index (Phi) is 3.76. The summed E-state index contributed by atoms with van der Waals surface area (Å²) >= 11 is 7.96. The molecule has 2 aromatic rings. The molecule has 1 atom stereocenters. The van der Waals surface area contributed by atoms with E-state index >= 15 is 0 Å². The van der Waals surface area contributed by atoms with E-state index in [-0.39, 0.29) is 11.9 Å². The maximum Gasteiger partial charge on any atom is 0.261 e. The predicted molar refractivity (Wildman–Crippen MR) is 78.0 cm³/mol. The van der Waals surface area contributed by atoms with Crippen molar-refractivity contribution in [1.29, 1.82) is 0 Å². The quantitative estimate of drug-likeness (QED) is 0.849. The number of hydrogen-bond acceptors (Lipinski definition) is 4. The van der Waals surface area contributed by atoms with Crippen LogP contribution >= 0.6 is 34.9 Å². The molecule has 3 N–H and O–H groups in total. The van der Waals surface area contributed by atoms with Crippen LogP contribution in [0.15, 0.2) is 17.5 Å². The number of carbonyl (C=O) groups excluding carboxylic acids is 1. The summed E-state index contributed by atoms with van der Waals surface area (Å²) in [5.74, 6) is -0.0536. The van der Waals surface area contributed by atoms with Crippen LogP contribution in [0.25, 0.3) is 9.40 Å². The van der Waals surface area contributed by atoms with E-state index in [1.165, 1.54) is 11.3 Å². The third-order valence-electron chi connectivity index (χ3n) is 2.25. The Balaban J connectivity index is 2.05. The van der Waals surface area contributed by atoms with Gasteiger partial charge in [0.05, 0.1) is 9.87 Å². The van der Waals surface area contributed by atoms with E-state index in [2.05, 4.69) is 5.32 Å². The number of hydrogen-bond donors (Lipinski definition) is 2. The van der Waals surface area contributed by atoms with Gasteiger partial charge in [0.15, 0.2) is 0 Å². The summed E-state index contributed by atoms with van der Waals surface area (Å²) in [4.78, 5) is 13.1. The molecular weight excluding hydrogens is 272 g/mol. The maximum atomic E-state index is 11.9. The number of fused-ring (bicyclic) bond motifs is 1. The highest BCUT2D eigenvalue weighted by Gasteiger charge is 2.13. The lowest BCUT2D eigenvalue weighted by Crippen LogP contribution is -2.34. The van der Waals surface area contributed by atoms with Gasteiger partial charge in [-0.1, -0.05) is 12.2 Å². The normalized spacial score (nSPS) is 12.5. The van der Waals surface area contributed by atoms with Crippen molar-refractivity contribution >= 4 is 55.2 Å². The summed E-state index contributed by atoms with van der Waals surface area (Å²) in [7, 11) is 0. The van der Waals surface area contributed by atoms with Crippen LogP contribution in [0.1, 0.15) is 23.0 Å². The number of thiocarbonyl (C=S) groups is 1. The van der Waals surface area contributed by atoms with E-state index in [0.29, 0.717) is 11.4 Å². The Hall–Kier alpha value is -0.980. The first kappa shape index (κ1) is 12.5. The topological polar surface area (TPSA) is 55.1 Å². The summed E-state index contributed by atoms with van der Waals surface area (Å²) in [6, 6.07) is 3.92. The zero-order chi connectivity index (χ0) is 12.4. The van der Waals surface area contributed by atoms with Crippen LogP contribution in [0, 0.1) is 0 Å². The molecule has 1 amide bonds. The van der Waals surface area contributed by atoms with Crippen molar-refractivity contribution < 1.29 is 4.79 Å². The Labute approximate surface area is 113 Å². The van der Waals surface area contributed by atoms with Gasteiger partial charge in [-0.2, -0.15) is 0 Å². The summed E-state index contributed by atoms with van der Waals surface area (Å²) in [5, 5.41) is 4.91. The van der Waals surface area contributed by atoms with Crippen molar-refractivity contribution in [2.75, 3.05) is 0 Å². The minimum atomic E-state index is -0.0536. The van der Waals surface area contributed by atoms with Gasteiger partial charge in [-0.05, 0) is 24.4 Å². The molecule has 2 heterocycles. The second kappa shape index (κ2) is 5.12. The molecule has 1 unspecified atom stereocenters. The van der Waals surface area contributed by atoms with Crippen molar-refractivity contribution in [2.45, 2.75) is 19.4 Å². The number of rotatable bonds is 4. The van der Waals surface area contributed by atoms with E-state index < -0.39 is 0 Å². The molecule has 0 spiro atoms. The van der Waals surface area contributed by atoms with Crippen LogP contribution in [0.4, 0.5) is 0 Å². The molecule has 0 aromatic carbocycles. The average molecular weight is 284 g/mol. The van der Waals surface area contributed by atoms with Gasteiger partial charge in [0, 0.05) is 21.9 Å². The molecule has 0 fully saturated rings. The van der Waals surface area contributed by atoms with Crippen LogP contribution in [-0.2, 0) is 0 Å². The van der Waals surface area contributed by atoms with Gasteiger partial charge < -0.3 is 11.1 Å². The number of amides is 1. The molecule has 90 valence electrons. The van der Waals surface area contributed by atoms with Crippen molar-refractivity contribution in [3.05, 3.63) is 22.4 Å². The van der Waals surface area contributed by atoms with Crippen LogP contribution in [0.3, 0.4) is 0 Å². The van der Waals surface area contributed by atoms with Crippen LogP contribution in [0.5, 0.6) is 0 Å². The second-order valence-corrected chi connectivity index (χ2v) is 6.36. The molecule has 0 aliphatic heterocycles. The Bertz CT molecular complexity index is 529. The second-order valence-electron chi connectivity index (χ2n) is 3.80. The molecule has 3 nitrogen and oxygen atoms in total. The van der Waals surface area contributed by atoms with Gasteiger partial charge >= 0.3 is 0 Å². The third-order valence-corrected chi connectivity index (χ3v) is 4.51. The van der Waals surface area contributed by atoms with Crippen LogP contribution in [0.2, 0.25) is 0 Å². The van der Waals surface area contributed by atoms with E-state index in [4.69, 9.17) is 18.0 Å². The lowest BCUT2D eigenvalue weighted by Gasteiger charge is -2.11. The highest BCUT2D eigenvalue weighted by atomic mass is 32.1. The number of thiophene rings is 2. The van der Waals surface area contributed by atoms with E-state index in [1.807, 2.05) is 24.4 Å². The standard InChI is InChI=1S/C11H12N2OS3/c1-6(4-10(12)15)13-11(14)9-5-8-7(17-9)2-3-16-8/h2-3,5-6H,4H2,1H3,(H2,12,15)(H,13,14). The molecule has 0 saturated heterocycles. The minimum absolute atomic E-state index is 0.0277. The van der Waals surface area contributed by atoms with Crippen molar-refractivity contribution in [3.8, 4) is 0 Å². The fourth-order valence-electron chi connectivity index (χ4n) is 1.53. The smallest absolute Gasteiger partial charge is 0.261 e. The first-order chi connectivity index (χ1) is 8.06. The van der Waals surface area contributed by atoms with E-state index in [0.717, 1.165) is 14.3 Å². The molecule has 0 aliphatic rings. The molecule has 2 aromatic heterocycles. The Morgan fingerprint density at radius 1 is 1.59 bits per heavy atom. The highest BCUT2D eigenvalue weighted by molar-refractivity contribution is 7.80. The number of nitrogens with two attached hydrogens (primary N) is 1. The molecule has 17 heavy (non-hydrogen) atoms. The lowest BCUT2D eigenvalue weighted by molar-refractivity contribution is 0.0945. The van der Waals surface area contributed by atoms with Crippen molar-refractivity contribution in [3.63, 3.8) is 0 Å². The van der Waals surface area contributed by atoms with Crippen molar-refractivity contribution in [1.82, 2.24) is 5.32 Å². The SMILES string of the molecule is CC(CC(N)=S)NC(=O)c1cc2sccc2s1. The molecular formula is C11H12N2OS3. The highest BCUT2D eigenvalue weighted by Crippen LogP contribution is 2.29. The van der Waals surface area contributed by atoms with Gasteiger partial charge in [-0.25, -0.2) is 0 Å². The lowest BCUT2D eigenvalue weighted by atomic mass is 10.2. The van der Waals surface area contributed by atoms with Crippen molar-refractivity contribution in [2.24, 2.45) is 5.73 Å². The molecule has 0 aliphatic carbocycles. The zero-order valence-corrected chi connectivity index (χ0v) is 11.7. The minimum Gasteiger partial charge on any atom is -0.393 e. The average Bonchev–Trinajstić information content (AvgIpc) is 2.73. The largest absolute Gasteiger partial charge is 0.393 e. The molecule has 0 bridgehead atoms. The summed E-state index contributed by atoms with van der Waals surface area (Å²) < 4.78 is 2.31. The summed E-state index contributed by atoms with van der Waals surface area (Å²) in [5.41, 5.74) is 5.44. The molecule has 6 heteroatoms. The molecule has 0 radical (unpaired) electrons. The van der Waals surface area contributed by atoms with Gasteiger partial charge in [0.1, 0.15) is 0 Å². The van der Waals surface area contributed by atoms with E-state index in [9.17, 15) is 4.79 Å². The first-order valence-electron chi connectivity index (χ1n) is 5.12. The van der Waals surface area contributed by atoms with Gasteiger partial charge in [-0.15, -0.1) is 22.7 Å². The van der Waals surface area contributed by atoms with E-state index in [1.54, 1.807) is 11.3 Å². The zero-order valence-electron chi connectivity index (χ0n) is 9.23. The monoisotopic (exact) mass is 284 g/mol. The summed E-state index contributed by atoms with van der Waals surface area (Å²) in [6.07, 6.45) is 0.529. The molecule has 2 rings (SSSR count). The Morgan fingerprint density at radius 2 is 2.35 bits per heavy atom. The fraction of sp³-hybridized carbons (Fsp3) is 0.273. The van der Waals surface area contributed by atoms with Crippen LogP contribution in [-0.4, -0.2) is 16.9 Å². The fourth-order valence-corrected chi connectivity index (χ4v) is 3.79. The first-order valence-corrected chi connectivity index (χ1v) is 7.23. The van der Waals surface area contributed by atoms with Crippen LogP contribution < -0.4 is 11.1 Å². The maximum absolute atomic E-state index is 11.9. The number of carbonyl (C=O) groups is 1. The van der Waals surface area contributed by atoms with Gasteiger partial charge in [0.2, 0.25) is 0 Å². The summed E-state index contributed by atoms with van der Waals surface area (Å²) in [6.45, 7) is 1.90.